The summed E-state index contributed by atoms with van der Waals surface area (Å²) < 4.78 is 27.9. The molecule has 0 amide bonds. The fourth-order valence-electron chi connectivity index (χ4n) is 3.91. The fraction of sp³-hybridized carbons (Fsp3) is 0.160. The smallest absolute Gasteiger partial charge is 0.303 e. The van der Waals surface area contributed by atoms with Crippen LogP contribution in [0.3, 0.4) is 0 Å². The predicted octanol–water partition coefficient (Wildman–Crippen LogP) is 5.21. The molecule has 0 aromatic heterocycles. The topological polar surface area (TPSA) is 99.6 Å². The molecule has 0 atom stereocenters. The molecule has 0 unspecified atom stereocenters. The minimum absolute atomic E-state index is 0.0133. The van der Waals surface area contributed by atoms with Crippen LogP contribution in [-0.4, -0.2) is 19.5 Å². The Balaban J connectivity index is 2.43. The highest BCUT2D eigenvalue weighted by molar-refractivity contribution is 8.09. The molecule has 2 aromatic rings. The number of nitrogens with zero attached hydrogens (tertiary/aromatic N) is 2. The van der Waals surface area contributed by atoms with Crippen LogP contribution >= 0.6 is 0 Å². The van der Waals surface area contributed by atoms with Crippen molar-refractivity contribution in [3.8, 4) is 6.07 Å². The monoisotopic (exact) mass is 444 g/mol. The Bertz CT molecular complexity index is 1320. The average molecular weight is 445 g/mol. The summed E-state index contributed by atoms with van der Waals surface area (Å²) >= 11 is 0. The molecule has 2 aromatic carbocycles. The summed E-state index contributed by atoms with van der Waals surface area (Å²) in [6.45, 7) is 9.11. The number of carboxylic acids is 1. The van der Waals surface area contributed by atoms with E-state index in [1.807, 2.05) is 6.07 Å². The van der Waals surface area contributed by atoms with Gasteiger partial charge >= 0.3 is 5.97 Å². The number of hydrogen-bond donors (Lipinski definition) is 1. The maximum atomic E-state index is 14.0. The molecule has 0 radical (unpaired) electrons. The fourth-order valence-corrected chi connectivity index (χ4v) is 6.04. The van der Waals surface area contributed by atoms with Gasteiger partial charge in [-0.05, 0) is 42.0 Å². The molecule has 6 nitrogen and oxygen atoms in total. The first-order valence-electron chi connectivity index (χ1n) is 9.87. The Morgan fingerprint density at radius 3 is 2.03 bits per heavy atom. The second-order valence-electron chi connectivity index (χ2n) is 7.19. The number of carboxylic acid groups (broad SMARTS) is 1. The molecule has 1 N–H and O–H groups in total. The van der Waals surface area contributed by atoms with E-state index in [0.717, 1.165) is 0 Å². The molecule has 0 aliphatic carbocycles. The van der Waals surface area contributed by atoms with Gasteiger partial charge in [-0.2, -0.15) is 0 Å². The molecule has 0 bridgehead atoms. The van der Waals surface area contributed by atoms with E-state index in [9.17, 15) is 18.5 Å². The van der Waals surface area contributed by atoms with Crippen molar-refractivity contribution in [1.29, 1.82) is 5.26 Å². The summed E-state index contributed by atoms with van der Waals surface area (Å²) in [4.78, 5) is 14.5. The van der Waals surface area contributed by atoms with Crippen molar-refractivity contribution in [3.05, 3.63) is 106 Å². The standard InChI is InChI=1S/C25H20N2O4S/c1-17-23(21(16-26)27-2)20(14-9-15-22(28)29)25(19-12-7-4-8-13-19)32(30,31)24(17)18-10-5-3-6-11-18/h3-8,10-13H,9,14-15H2,1H3,(H,28,29)/b23-21+. The van der Waals surface area contributed by atoms with Gasteiger partial charge in [0.25, 0.3) is 5.70 Å². The van der Waals surface area contributed by atoms with E-state index in [2.05, 4.69) is 4.85 Å². The lowest BCUT2D eigenvalue weighted by Gasteiger charge is -2.28. The molecule has 32 heavy (non-hydrogen) atoms. The van der Waals surface area contributed by atoms with Crippen LogP contribution in [0.15, 0.2) is 83.1 Å². The van der Waals surface area contributed by atoms with Gasteiger partial charge in [0.05, 0.1) is 22.5 Å². The quantitative estimate of drug-likeness (QED) is 0.487. The van der Waals surface area contributed by atoms with Crippen LogP contribution in [0.4, 0.5) is 0 Å². The van der Waals surface area contributed by atoms with Gasteiger partial charge in [-0.25, -0.2) is 18.5 Å². The summed E-state index contributed by atoms with van der Waals surface area (Å²) in [6, 6.07) is 19.0. The maximum Gasteiger partial charge on any atom is 0.303 e. The number of benzene rings is 2. The lowest BCUT2D eigenvalue weighted by atomic mass is 9.89. The highest BCUT2D eigenvalue weighted by atomic mass is 32.2. The summed E-state index contributed by atoms with van der Waals surface area (Å²) in [6.07, 6.45) is 0.114. The van der Waals surface area contributed by atoms with Gasteiger partial charge in [0.1, 0.15) is 0 Å². The Morgan fingerprint density at radius 2 is 1.56 bits per heavy atom. The van der Waals surface area contributed by atoms with Gasteiger partial charge in [-0.3, -0.25) is 4.79 Å². The minimum Gasteiger partial charge on any atom is -0.481 e. The minimum atomic E-state index is -4.04. The van der Waals surface area contributed by atoms with Crippen LogP contribution in [0.25, 0.3) is 14.7 Å². The molecule has 1 aliphatic rings. The van der Waals surface area contributed by atoms with Crippen LogP contribution < -0.4 is 0 Å². The normalized spacial score (nSPS) is 16.8. The van der Waals surface area contributed by atoms with Crippen LogP contribution in [-0.2, 0) is 14.6 Å². The second-order valence-corrected chi connectivity index (χ2v) is 9.02. The Labute approximate surface area is 187 Å². The molecule has 1 heterocycles. The molecular weight excluding hydrogens is 424 g/mol. The lowest BCUT2D eigenvalue weighted by Crippen LogP contribution is -2.18. The first-order chi connectivity index (χ1) is 15.3. The first kappa shape index (κ1) is 22.7. The summed E-state index contributed by atoms with van der Waals surface area (Å²) in [7, 11) is -4.04. The molecule has 7 heteroatoms. The lowest BCUT2D eigenvalue weighted by molar-refractivity contribution is -0.137. The predicted molar refractivity (Wildman–Crippen MR) is 122 cm³/mol. The van der Waals surface area contributed by atoms with Crippen molar-refractivity contribution < 1.29 is 18.3 Å². The largest absolute Gasteiger partial charge is 0.481 e. The van der Waals surface area contributed by atoms with Crippen molar-refractivity contribution in [2.75, 3.05) is 0 Å². The zero-order valence-corrected chi connectivity index (χ0v) is 18.2. The van der Waals surface area contributed by atoms with Crippen molar-refractivity contribution in [2.45, 2.75) is 26.2 Å². The molecule has 3 rings (SSSR count). The molecule has 0 fully saturated rings. The third-order valence-electron chi connectivity index (χ3n) is 5.17. The van der Waals surface area contributed by atoms with Gasteiger partial charge in [-0.15, -0.1) is 0 Å². The Kier molecular flexibility index (Phi) is 6.73. The number of hydrogen-bond acceptors (Lipinski definition) is 4. The average Bonchev–Trinajstić information content (AvgIpc) is 2.77. The van der Waals surface area contributed by atoms with Crippen LogP contribution in [0.1, 0.15) is 37.3 Å². The summed E-state index contributed by atoms with van der Waals surface area (Å²) in [5.41, 5.74) is 1.56. The highest BCUT2D eigenvalue weighted by Crippen LogP contribution is 2.48. The zero-order chi connectivity index (χ0) is 23.3. The number of allylic oxidation sites excluding steroid dienone is 4. The second kappa shape index (κ2) is 9.47. The molecule has 0 saturated heterocycles. The maximum absolute atomic E-state index is 14.0. The van der Waals surface area contributed by atoms with E-state index in [-0.39, 0.29) is 40.3 Å². The van der Waals surface area contributed by atoms with E-state index in [1.165, 1.54) is 0 Å². The van der Waals surface area contributed by atoms with Gasteiger partial charge < -0.3 is 5.11 Å². The number of aliphatic carboxylic acids is 1. The summed E-state index contributed by atoms with van der Waals surface area (Å²) in [5.74, 6) is -1.00. The van der Waals surface area contributed by atoms with Gasteiger partial charge in [-0.1, -0.05) is 60.7 Å². The molecule has 0 spiro atoms. The van der Waals surface area contributed by atoms with E-state index >= 15 is 0 Å². The first-order valence-corrected chi connectivity index (χ1v) is 11.4. The van der Waals surface area contributed by atoms with Gasteiger partial charge in [0, 0.05) is 12.0 Å². The third kappa shape index (κ3) is 4.25. The highest BCUT2D eigenvalue weighted by Gasteiger charge is 2.38. The zero-order valence-electron chi connectivity index (χ0n) is 17.4. The Hall–Kier alpha value is -3.94. The number of nitriles is 1. The Morgan fingerprint density at radius 1 is 1.03 bits per heavy atom. The van der Waals surface area contributed by atoms with E-state index < -0.39 is 15.8 Å². The van der Waals surface area contributed by atoms with E-state index in [4.69, 9.17) is 11.7 Å². The molecular formula is C25H20N2O4S. The van der Waals surface area contributed by atoms with Crippen LogP contribution in [0.2, 0.25) is 0 Å². The van der Waals surface area contributed by atoms with E-state index in [1.54, 1.807) is 67.6 Å². The summed E-state index contributed by atoms with van der Waals surface area (Å²) in [5, 5.41) is 18.7. The van der Waals surface area contributed by atoms with Crippen molar-refractivity contribution >= 4 is 25.6 Å². The molecule has 0 saturated carbocycles. The van der Waals surface area contributed by atoms with Crippen LogP contribution in [0, 0.1) is 17.9 Å². The van der Waals surface area contributed by atoms with Crippen molar-refractivity contribution in [2.24, 2.45) is 0 Å². The number of carbonyl (C=O) groups is 1. The SMILES string of the molecule is [C-]#[N+]/C(C#N)=C1\C(C)=C(c2ccccc2)S(=O)(=O)C(c2ccccc2)=C1CCCC(=O)O. The molecule has 1 aliphatic heterocycles. The van der Waals surface area contributed by atoms with Crippen molar-refractivity contribution in [1.82, 2.24) is 0 Å². The third-order valence-corrected chi connectivity index (χ3v) is 7.27. The molecule has 160 valence electrons. The van der Waals surface area contributed by atoms with Crippen LogP contribution in [0.5, 0.6) is 0 Å². The van der Waals surface area contributed by atoms with Crippen molar-refractivity contribution in [3.63, 3.8) is 0 Å². The van der Waals surface area contributed by atoms with Gasteiger partial charge in [0.2, 0.25) is 9.84 Å². The number of sulfone groups is 1. The number of rotatable bonds is 6. The van der Waals surface area contributed by atoms with Gasteiger partial charge in [0.15, 0.2) is 0 Å². The van der Waals surface area contributed by atoms with E-state index in [0.29, 0.717) is 22.3 Å².